The topological polar surface area (TPSA) is 34.1 Å². The molecule has 1 aromatic heterocycles. The van der Waals surface area contributed by atoms with Crippen molar-refractivity contribution in [3.63, 3.8) is 0 Å². The van der Waals surface area contributed by atoms with Gasteiger partial charge < -0.3 is 10.1 Å². The third-order valence-corrected chi connectivity index (χ3v) is 3.38. The Bertz CT molecular complexity index is 543. The quantitative estimate of drug-likeness (QED) is 0.936. The summed E-state index contributed by atoms with van der Waals surface area (Å²) in [7, 11) is 1.90. The van der Waals surface area contributed by atoms with Gasteiger partial charge in [0, 0.05) is 17.1 Å². The number of hydrogen-bond donors (Lipinski definition) is 1. The van der Waals surface area contributed by atoms with Gasteiger partial charge in [-0.2, -0.15) is 0 Å². The number of nitrogens with one attached hydrogen (secondary N) is 1. The molecule has 18 heavy (non-hydrogen) atoms. The number of benzene rings is 1. The molecule has 1 heterocycles. The van der Waals surface area contributed by atoms with Crippen LogP contribution < -0.4 is 10.1 Å². The van der Waals surface area contributed by atoms with Gasteiger partial charge >= 0.3 is 0 Å². The first kappa shape index (κ1) is 13.1. The van der Waals surface area contributed by atoms with E-state index in [0.717, 1.165) is 28.0 Å². The van der Waals surface area contributed by atoms with Crippen molar-refractivity contribution in [2.45, 2.75) is 13.5 Å². The van der Waals surface area contributed by atoms with E-state index in [9.17, 15) is 0 Å². The lowest BCUT2D eigenvalue weighted by Gasteiger charge is -2.07. The zero-order valence-corrected chi connectivity index (χ0v) is 12.0. The zero-order chi connectivity index (χ0) is 13.0. The van der Waals surface area contributed by atoms with E-state index in [1.54, 1.807) is 0 Å². The van der Waals surface area contributed by atoms with E-state index in [2.05, 4.69) is 26.2 Å². The van der Waals surface area contributed by atoms with Crippen molar-refractivity contribution in [1.82, 2.24) is 10.3 Å². The Labute approximate surface area is 115 Å². The van der Waals surface area contributed by atoms with Crippen LogP contribution in [0, 0.1) is 6.92 Å². The van der Waals surface area contributed by atoms with Crippen LogP contribution in [0.2, 0.25) is 0 Å². The fourth-order valence-corrected chi connectivity index (χ4v) is 1.84. The van der Waals surface area contributed by atoms with Gasteiger partial charge in [0.15, 0.2) is 0 Å². The second kappa shape index (κ2) is 5.98. The molecule has 4 heteroatoms. The van der Waals surface area contributed by atoms with E-state index in [4.69, 9.17) is 4.74 Å². The number of ether oxygens (including phenoxy) is 1. The number of rotatable bonds is 4. The molecular formula is C14H15BrN2O. The largest absolute Gasteiger partial charge is 0.439 e. The smallest absolute Gasteiger partial charge is 0.219 e. The average molecular weight is 307 g/mol. The number of aryl methyl sites for hydroxylation is 1. The molecule has 0 saturated heterocycles. The second-order valence-electron chi connectivity index (χ2n) is 4.01. The molecule has 0 atom stereocenters. The van der Waals surface area contributed by atoms with Crippen LogP contribution in [0.25, 0.3) is 0 Å². The van der Waals surface area contributed by atoms with Crippen LogP contribution in [-0.4, -0.2) is 12.0 Å². The molecule has 0 aliphatic rings. The Balaban J connectivity index is 2.17. The first-order chi connectivity index (χ1) is 8.69. The van der Waals surface area contributed by atoms with E-state index >= 15 is 0 Å². The molecule has 3 nitrogen and oxygen atoms in total. The van der Waals surface area contributed by atoms with E-state index in [-0.39, 0.29) is 0 Å². The Kier molecular flexibility index (Phi) is 4.33. The lowest BCUT2D eigenvalue weighted by molar-refractivity contribution is 0.459. The molecule has 0 aliphatic heterocycles. The Hall–Kier alpha value is -1.39. The van der Waals surface area contributed by atoms with Crippen LogP contribution in [0.4, 0.5) is 0 Å². The number of pyridine rings is 1. The summed E-state index contributed by atoms with van der Waals surface area (Å²) in [4.78, 5) is 4.41. The summed E-state index contributed by atoms with van der Waals surface area (Å²) in [6, 6.07) is 11.6. The monoisotopic (exact) mass is 306 g/mol. The van der Waals surface area contributed by atoms with Crippen LogP contribution >= 0.6 is 15.9 Å². The Morgan fingerprint density at radius 2 is 2.11 bits per heavy atom. The summed E-state index contributed by atoms with van der Waals surface area (Å²) >= 11 is 3.47. The highest BCUT2D eigenvalue weighted by molar-refractivity contribution is 9.10. The van der Waals surface area contributed by atoms with Crippen molar-refractivity contribution in [1.29, 1.82) is 0 Å². The summed E-state index contributed by atoms with van der Waals surface area (Å²) in [5.41, 5.74) is 2.10. The molecule has 0 unspecified atom stereocenters. The predicted molar refractivity (Wildman–Crippen MR) is 76.0 cm³/mol. The normalized spacial score (nSPS) is 10.4. The molecule has 0 radical (unpaired) electrons. The van der Waals surface area contributed by atoms with Gasteiger partial charge in [0.2, 0.25) is 5.88 Å². The number of halogens is 1. The van der Waals surface area contributed by atoms with Crippen molar-refractivity contribution in [2.75, 3.05) is 7.05 Å². The fraction of sp³-hybridized carbons (Fsp3) is 0.214. The zero-order valence-electron chi connectivity index (χ0n) is 10.4. The number of hydrogen-bond acceptors (Lipinski definition) is 3. The van der Waals surface area contributed by atoms with Crippen molar-refractivity contribution in [3.05, 3.63) is 52.1 Å². The van der Waals surface area contributed by atoms with Crippen molar-refractivity contribution < 1.29 is 4.74 Å². The van der Waals surface area contributed by atoms with Crippen LogP contribution in [-0.2, 0) is 6.54 Å². The molecule has 1 aromatic carbocycles. The fourth-order valence-electron chi connectivity index (χ4n) is 1.60. The van der Waals surface area contributed by atoms with Gasteiger partial charge in [0.05, 0.1) is 5.69 Å². The molecule has 0 aliphatic carbocycles. The van der Waals surface area contributed by atoms with Crippen molar-refractivity contribution in [3.8, 4) is 11.6 Å². The Morgan fingerprint density at radius 3 is 2.83 bits per heavy atom. The highest BCUT2D eigenvalue weighted by Crippen LogP contribution is 2.25. The highest BCUT2D eigenvalue weighted by Gasteiger charge is 2.02. The maximum Gasteiger partial charge on any atom is 0.219 e. The molecule has 0 spiro atoms. The average Bonchev–Trinajstić information content (AvgIpc) is 2.35. The molecule has 94 valence electrons. The van der Waals surface area contributed by atoms with Gasteiger partial charge in [-0.3, -0.25) is 0 Å². The summed E-state index contributed by atoms with van der Waals surface area (Å²) in [5.74, 6) is 1.41. The van der Waals surface area contributed by atoms with Gasteiger partial charge in [-0.25, -0.2) is 4.98 Å². The summed E-state index contributed by atoms with van der Waals surface area (Å²) in [6.45, 7) is 2.76. The third kappa shape index (κ3) is 3.31. The standard InChI is InChI=1S/C14H15BrN2O/c1-10-8-12(6-7-13(10)15)18-14-5-3-4-11(17-14)9-16-2/h3-8,16H,9H2,1-2H3. The highest BCUT2D eigenvalue weighted by atomic mass is 79.9. The maximum atomic E-state index is 5.74. The van der Waals surface area contributed by atoms with Crippen molar-refractivity contribution in [2.24, 2.45) is 0 Å². The maximum absolute atomic E-state index is 5.74. The SMILES string of the molecule is CNCc1cccc(Oc2ccc(Br)c(C)c2)n1. The molecule has 1 N–H and O–H groups in total. The second-order valence-corrected chi connectivity index (χ2v) is 4.86. The first-order valence-electron chi connectivity index (χ1n) is 5.73. The van der Waals surface area contributed by atoms with E-state index < -0.39 is 0 Å². The van der Waals surface area contributed by atoms with Crippen LogP contribution in [0.15, 0.2) is 40.9 Å². The molecule has 0 bridgehead atoms. The van der Waals surface area contributed by atoms with Crippen molar-refractivity contribution >= 4 is 15.9 Å². The molecule has 0 saturated carbocycles. The van der Waals surface area contributed by atoms with Crippen LogP contribution in [0.3, 0.4) is 0 Å². The van der Waals surface area contributed by atoms with Crippen LogP contribution in [0.5, 0.6) is 11.6 Å². The minimum atomic E-state index is 0.615. The number of nitrogens with zero attached hydrogens (tertiary/aromatic N) is 1. The summed E-state index contributed by atoms with van der Waals surface area (Å²) in [6.07, 6.45) is 0. The lowest BCUT2D eigenvalue weighted by Crippen LogP contribution is -2.06. The first-order valence-corrected chi connectivity index (χ1v) is 6.53. The Morgan fingerprint density at radius 1 is 1.28 bits per heavy atom. The summed E-state index contributed by atoms with van der Waals surface area (Å²) in [5, 5.41) is 3.07. The van der Waals surface area contributed by atoms with E-state index in [1.165, 1.54) is 0 Å². The molecule has 2 rings (SSSR count). The molecule has 0 amide bonds. The van der Waals surface area contributed by atoms with Gasteiger partial charge in [-0.15, -0.1) is 0 Å². The molecular weight excluding hydrogens is 292 g/mol. The molecule has 0 fully saturated rings. The minimum absolute atomic E-state index is 0.615. The van der Waals surface area contributed by atoms with Gasteiger partial charge in [-0.05, 0) is 43.8 Å². The third-order valence-electron chi connectivity index (χ3n) is 2.49. The summed E-state index contributed by atoms with van der Waals surface area (Å²) < 4.78 is 6.82. The molecule has 2 aromatic rings. The van der Waals surface area contributed by atoms with Gasteiger partial charge in [0.25, 0.3) is 0 Å². The van der Waals surface area contributed by atoms with Gasteiger partial charge in [-0.1, -0.05) is 22.0 Å². The lowest BCUT2D eigenvalue weighted by atomic mass is 10.2. The minimum Gasteiger partial charge on any atom is -0.439 e. The predicted octanol–water partition coefficient (Wildman–Crippen LogP) is 3.66. The number of aromatic nitrogens is 1. The van der Waals surface area contributed by atoms with Gasteiger partial charge in [0.1, 0.15) is 5.75 Å². The van der Waals surface area contributed by atoms with Crippen LogP contribution in [0.1, 0.15) is 11.3 Å². The van der Waals surface area contributed by atoms with E-state index in [0.29, 0.717) is 5.88 Å². The van der Waals surface area contributed by atoms with E-state index in [1.807, 2.05) is 50.4 Å².